The van der Waals surface area contributed by atoms with Gasteiger partial charge >= 0.3 is 0 Å². The first-order valence-electron chi connectivity index (χ1n) is 7.10. The number of nitrogens with zero attached hydrogens (tertiary/aromatic N) is 2. The van der Waals surface area contributed by atoms with E-state index in [1.54, 1.807) is 0 Å². The Bertz CT molecular complexity index is 170. The van der Waals surface area contributed by atoms with Crippen LogP contribution in [0.15, 0.2) is 0 Å². The summed E-state index contributed by atoms with van der Waals surface area (Å²) in [5, 5.41) is 3.45. The van der Waals surface area contributed by atoms with Crippen LogP contribution in [-0.4, -0.2) is 75.4 Å². The van der Waals surface area contributed by atoms with Crippen LogP contribution in [0.3, 0.4) is 0 Å². The van der Waals surface area contributed by atoms with Crippen LogP contribution in [0.1, 0.15) is 20.3 Å². The van der Waals surface area contributed by atoms with Gasteiger partial charge in [-0.25, -0.2) is 0 Å². The summed E-state index contributed by atoms with van der Waals surface area (Å²) in [5.74, 6) is 0. The van der Waals surface area contributed by atoms with E-state index in [2.05, 4.69) is 29.0 Å². The quantitative estimate of drug-likeness (QED) is 0.633. The minimum Gasteiger partial charge on any atom is -0.380 e. The van der Waals surface area contributed by atoms with Crippen molar-refractivity contribution >= 4 is 0 Å². The summed E-state index contributed by atoms with van der Waals surface area (Å²) in [4.78, 5) is 5.05. The second-order valence-electron chi connectivity index (χ2n) is 4.58. The van der Waals surface area contributed by atoms with E-state index in [0.717, 1.165) is 32.8 Å². The van der Waals surface area contributed by atoms with Crippen molar-refractivity contribution in [2.24, 2.45) is 0 Å². The van der Waals surface area contributed by atoms with Gasteiger partial charge in [-0.05, 0) is 33.0 Å². The lowest BCUT2D eigenvalue weighted by molar-refractivity contribution is 0.110. The molecule has 4 heteroatoms. The van der Waals surface area contributed by atoms with Crippen molar-refractivity contribution < 1.29 is 4.74 Å². The molecule has 0 amide bonds. The molecule has 0 aromatic carbocycles. The Morgan fingerprint density at radius 1 is 1.18 bits per heavy atom. The molecule has 1 fully saturated rings. The molecule has 0 saturated carbocycles. The van der Waals surface area contributed by atoms with E-state index in [1.807, 2.05) is 0 Å². The Hall–Kier alpha value is -0.160. The molecule has 1 N–H and O–H groups in total. The highest BCUT2D eigenvalue weighted by atomic mass is 16.5. The fraction of sp³-hybridized carbons (Fsp3) is 1.00. The van der Waals surface area contributed by atoms with Crippen molar-refractivity contribution in [2.75, 3.05) is 65.6 Å². The number of hydrogen-bond donors (Lipinski definition) is 1. The summed E-state index contributed by atoms with van der Waals surface area (Å²) < 4.78 is 5.41. The molecule has 0 bridgehead atoms. The third-order valence-corrected chi connectivity index (χ3v) is 3.37. The molecule has 4 nitrogen and oxygen atoms in total. The highest BCUT2D eigenvalue weighted by Gasteiger charge is 2.09. The first kappa shape index (κ1) is 14.9. The summed E-state index contributed by atoms with van der Waals surface area (Å²) >= 11 is 0. The first-order valence-corrected chi connectivity index (χ1v) is 7.10. The third-order valence-electron chi connectivity index (χ3n) is 3.37. The molecule has 0 aromatic heterocycles. The number of ether oxygens (including phenoxy) is 1. The van der Waals surface area contributed by atoms with E-state index in [1.165, 1.54) is 39.1 Å². The molecule has 0 spiro atoms. The summed E-state index contributed by atoms with van der Waals surface area (Å²) in [6, 6.07) is 0. The van der Waals surface area contributed by atoms with Crippen LogP contribution < -0.4 is 5.32 Å². The average molecular weight is 243 g/mol. The van der Waals surface area contributed by atoms with Gasteiger partial charge in [-0.2, -0.15) is 0 Å². The van der Waals surface area contributed by atoms with Gasteiger partial charge in [-0.1, -0.05) is 6.92 Å². The maximum Gasteiger partial charge on any atom is 0.0593 e. The van der Waals surface area contributed by atoms with Crippen molar-refractivity contribution in [3.63, 3.8) is 0 Å². The van der Waals surface area contributed by atoms with Crippen LogP contribution >= 0.6 is 0 Å². The standard InChI is InChI=1S/C13H29N3O/c1-3-15(12-13-17-4-2)10-11-16-8-5-6-14-7-9-16/h14H,3-13H2,1-2H3. The van der Waals surface area contributed by atoms with Gasteiger partial charge < -0.3 is 19.9 Å². The molecule has 102 valence electrons. The van der Waals surface area contributed by atoms with E-state index in [-0.39, 0.29) is 0 Å². The molecule has 0 atom stereocenters. The van der Waals surface area contributed by atoms with E-state index in [9.17, 15) is 0 Å². The first-order chi connectivity index (χ1) is 8.36. The molecule has 1 heterocycles. The van der Waals surface area contributed by atoms with E-state index in [4.69, 9.17) is 4.74 Å². The lowest BCUT2D eigenvalue weighted by Crippen LogP contribution is -2.38. The lowest BCUT2D eigenvalue weighted by Gasteiger charge is -2.25. The predicted octanol–water partition coefficient (Wildman–Crippen LogP) is 0.640. The second kappa shape index (κ2) is 9.83. The van der Waals surface area contributed by atoms with Gasteiger partial charge in [0.1, 0.15) is 0 Å². The van der Waals surface area contributed by atoms with Gasteiger partial charge in [0.15, 0.2) is 0 Å². The summed E-state index contributed by atoms with van der Waals surface area (Å²) in [6.07, 6.45) is 1.28. The zero-order valence-electron chi connectivity index (χ0n) is 11.6. The maximum absolute atomic E-state index is 5.41. The molecule has 1 saturated heterocycles. The largest absolute Gasteiger partial charge is 0.380 e. The molecule has 1 rings (SSSR count). The van der Waals surface area contributed by atoms with Crippen LogP contribution in [0.5, 0.6) is 0 Å². The van der Waals surface area contributed by atoms with Crippen LogP contribution in [0.4, 0.5) is 0 Å². The predicted molar refractivity (Wildman–Crippen MR) is 72.5 cm³/mol. The zero-order valence-corrected chi connectivity index (χ0v) is 11.6. The fourth-order valence-corrected chi connectivity index (χ4v) is 2.17. The summed E-state index contributed by atoms with van der Waals surface area (Å²) in [7, 11) is 0. The minimum absolute atomic E-state index is 0.829. The third kappa shape index (κ3) is 6.99. The molecule has 0 radical (unpaired) electrons. The fourth-order valence-electron chi connectivity index (χ4n) is 2.17. The number of hydrogen-bond acceptors (Lipinski definition) is 4. The van der Waals surface area contributed by atoms with E-state index in [0.29, 0.717) is 0 Å². The van der Waals surface area contributed by atoms with Crippen LogP contribution in [-0.2, 0) is 4.74 Å². The molecular weight excluding hydrogens is 214 g/mol. The minimum atomic E-state index is 0.829. The summed E-state index contributed by atoms with van der Waals surface area (Å²) in [6.45, 7) is 15.3. The van der Waals surface area contributed by atoms with Crippen LogP contribution in [0.25, 0.3) is 0 Å². The molecular formula is C13H29N3O. The Kier molecular flexibility index (Phi) is 8.61. The average Bonchev–Trinajstić information content (AvgIpc) is 2.62. The number of nitrogens with one attached hydrogen (secondary N) is 1. The van der Waals surface area contributed by atoms with E-state index < -0.39 is 0 Å². The van der Waals surface area contributed by atoms with Crippen molar-refractivity contribution in [1.29, 1.82) is 0 Å². The number of rotatable bonds is 8. The number of likely N-dealkylation sites (N-methyl/N-ethyl adjacent to an activating group) is 1. The van der Waals surface area contributed by atoms with Crippen molar-refractivity contribution in [2.45, 2.75) is 20.3 Å². The normalized spacial score (nSPS) is 18.5. The van der Waals surface area contributed by atoms with Crippen molar-refractivity contribution in [3.8, 4) is 0 Å². The highest BCUT2D eigenvalue weighted by molar-refractivity contribution is 4.67. The smallest absolute Gasteiger partial charge is 0.0593 e. The van der Waals surface area contributed by atoms with Crippen LogP contribution in [0, 0.1) is 0 Å². The molecule has 0 aromatic rings. The van der Waals surface area contributed by atoms with Crippen molar-refractivity contribution in [3.05, 3.63) is 0 Å². The molecule has 1 aliphatic rings. The molecule has 17 heavy (non-hydrogen) atoms. The highest BCUT2D eigenvalue weighted by Crippen LogP contribution is 1.97. The van der Waals surface area contributed by atoms with Crippen molar-refractivity contribution in [1.82, 2.24) is 15.1 Å². The van der Waals surface area contributed by atoms with Gasteiger partial charge in [0.25, 0.3) is 0 Å². The van der Waals surface area contributed by atoms with Gasteiger partial charge in [0.05, 0.1) is 6.61 Å². The summed E-state index contributed by atoms with van der Waals surface area (Å²) in [5.41, 5.74) is 0. The Morgan fingerprint density at radius 2 is 2.06 bits per heavy atom. The van der Waals surface area contributed by atoms with Gasteiger partial charge in [0, 0.05) is 39.3 Å². The van der Waals surface area contributed by atoms with Gasteiger partial charge in [-0.15, -0.1) is 0 Å². The Morgan fingerprint density at radius 3 is 2.82 bits per heavy atom. The zero-order chi connectivity index (χ0) is 12.3. The molecule has 0 unspecified atom stereocenters. The topological polar surface area (TPSA) is 27.7 Å². The Labute approximate surface area is 106 Å². The van der Waals surface area contributed by atoms with Gasteiger partial charge in [0.2, 0.25) is 0 Å². The lowest BCUT2D eigenvalue weighted by atomic mass is 10.3. The molecule has 0 aliphatic carbocycles. The maximum atomic E-state index is 5.41. The van der Waals surface area contributed by atoms with E-state index >= 15 is 0 Å². The monoisotopic (exact) mass is 243 g/mol. The molecule has 1 aliphatic heterocycles. The SMILES string of the molecule is CCOCCN(CC)CCN1CCCNCC1. The van der Waals surface area contributed by atoms with Crippen LogP contribution in [0.2, 0.25) is 0 Å². The van der Waals surface area contributed by atoms with Gasteiger partial charge in [-0.3, -0.25) is 0 Å². The Balaban J connectivity index is 2.12. The second-order valence-corrected chi connectivity index (χ2v) is 4.58.